The molecule has 0 radical (unpaired) electrons. The Morgan fingerprint density at radius 3 is 2.70 bits per heavy atom. The van der Waals surface area contributed by atoms with Crippen LogP contribution in [-0.2, 0) is 9.53 Å². The minimum absolute atomic E-state index is 0.0272. The minimum Gasteiger partial charge on any atom is -0.495 e. The number of rotatable bonds is 6. The largest absolute Gasteiger partial charge is 0.495 e. The van der Waals surface area contributed by atoms with E-state index in [1.54, 1.807) is 25.1 Å². The fourth-order valence-corrected chi connectivity index (χ4v) is 3.57. The van der Waals surface area contributed by atoms with E-state index in [0.29, 0.717) is 36.8 Å². The molecule has 0 spiro atoms. The van der Waals surface area contributed by atoms with Crippen LogP contribution in [0.3, 0.4) is 0 Å². The Labute approximate surface area is 159 Å². The van der Waals surface area contributed by atoms with Crippen LogP contribution in [0, 0.1) is 0 Å². The molecule has 2 heterocycles. The third kappa shape index (κ3) is 4.90. The Morgan fingerprint density at radius 2 is 2.00 bits per heavy atom. The van der Waals surface area contributed by atoms with Gasteiger partial charge in [-0.05, 0) is 44.1 Å². The first-order chi connectivity index (χ1) is 13.1. The molecule has 2 fully saturated rings. The van der Waals surface area contributed by atoms with Crippen LogP contribution in [0.25, 0.3) is 0 Å². The summed E-state index contributed by atoms with van der Waals surface area (Å²) in [4.78, 5) is 26.5. The van der Waals surface area contributed by atoms with E-state index in [2.05, 4.69) is 20.9 Å². The van der Waals surface area contributed by atoms with Crippen molar-refractivity contribution in [2.75, 3.05) is 44.0 Å². The first-order valence-electron chi connectivity index (χ1n) is 9.48. The molecule has 1 aromatic rings. The third-order valence-corrected chi connectivity index (χ3v) is 5.03. The van der Waals surface area contributed by atoms with Crippen molar-refractivity contribution in [1.82, 2.24) is 10.2 Å². The highest BCUT2D eigenvalue weighted by Crippen LogP contribution is 2.28. The third-order valence-electron chi connectivity index (χ3n) is 5.03. The number of hydrogen-bond acceptors (Lipinski definition) is 5. The van der Waals surface area contributed by atoms with Crippen molar-refractivity contribution >= 4 is 23.3 Å². The zero-order chi connectivity index (χ0) is 19.2. The molecule has 2 aliphatic heterocycles. The second kappa shape index (κ2) is 9.05. The first-order valence-corrected chi connectivity index (χ1v) is 9.48. The topological polar surface area (TPSA) is 91.9 Å². The molecule has 0 unspecified atom stereocenters. The molecule has 1 aromatic carbocycles. The highest BCUT2D eigenvalue weighted by atomic mass is 16.5. The van der Waals surface area contributed by atoms with Crippen molar-refractivity contribution in [3.8, 4) is 5.75 Å². The number of amides is 3. The van der Waals surface area contributed by atoms with E-state index in [1.807, 2.05) is 0 Å². The van der Waals surface area contributed by atoms with Gasteiger partial charge >= 0.3 is 6.03 Å². The molecule has 3 rings (SSSR count). The van der Waals surface area contributed by atoms with Crippen molar-refractivity contribution < 1.29 is 19.1 Å². The number of urea groups is 1. The average molecular weight is 376 g/mol. The lowest BCUT2D eigenvalue weighted by atomic mass is 10.1. The zero-order valence-electron chi connectivity index (χ0n) is 15.9. The summed E-state index contributed by atoms with van der Waals surface area (Å²) < 4.78 is 10.9. The van der Waals surface area contributed by atoms with Gasteiger partial charge in [0.2, 0.25) is 5.91 Å². The van der Waals surface area contributed by atoms with E-state index in [0.717, 1.165) is 13.1 Å². The van der Waals surface area contributed by atoms with Gasteiger partial charge in [0.05, 0.1) is 38.1 Å². The standard InChI is InChI=1S/C19H28N4O4/c1-3-18(24)21-14-10-13(6-7-17(14)26-2)20-19(25)22-15-11-27-12-16(15)23-8-4-5-9-23/h6-7,10,15-16H,3-5,8-9,11-12H2,1-2H3,(H,21,24)(H2,20,22,25)/t15-,16-/m1/s1. The van der Waals surface area contributed by atoms with E-state index in [9.17, 15) is 9.59 Å². The number of benzene rings is 1. The Balaban J connectivity index is 1.61. The quantitative estimate of drug-likeness (QED) is 0.707. The molecule has 2 aliphatic rings. The van der Waals surface area contributed by atoms with Crippen molar-refractivity contribution in [3.05, 3.63) is 18.2 Å². The van der Waals surface area contributed by atoms with Crippen LogP contribution < -0.4 is 20.7 Å². The van der Waals surface area contributed by atoms with Gasteiger partial charge in [0, 0.05) is 12.1 Å². The zero-order valence-corrected chi connectivity index (χ0v) is 15.9. The number of carbonyl (C=O) groups is 2. The number of nitrogens with zero attached hydrogens (tertiary/aromatic N) is 1. The van der Waals surface area contributed by atoms with E-state index < -0.39 is 0 Å². The van der Waals surface area contributed by atoms with Crippen LogP contribution in [0.5, 0.6) is 5.75 Å². The van der Waals surface area contributed by atoms with Crippen LogP contribution >= 0.6 is 0 Å². The summed E-state index contributed by atoms with van der Waals surface area (Å²) in [6, 6.07) is 5.06. The lowest BCUT2D eigenvalue weighted by molar-refractivity contribution is -0.115. The predicted molar refractivity (Wildman–Crippen MR) is 103 cm³/mol. The molecule has 0 saturated carbocycles. The lowest BCUT2D eigenvalue weighted by Crippen LogP contribution is -2.51. The fourth-order valence-electron chi connectivity index (χ4n) is 3.57. The Bertz CT molecular complexity index is 676. The normalized spacial score (nSPS) is 22.4. The second-order valence-corrected chi connectivity index (χ2v) is 6.87. The number of ether oxygens (including phenoxy) is 2. The van der Waals surface area contributed by atoms with Crippen molar-refractivity contribution in [1.29, 1.82) is 0 Å². The Morgan fingerprint density at radius 1 is 1.22 bits per heavy atom. The maximum Gasteiger partial charge on any atom is 0.319 e. The number of hydrogen-bond donors (Lipinski definition) is 3. The van der Waals surface area contributed by atoms with Gasteiger partial charge in [-0.3, -0.25) is 9.69 Å². The van der Waals surface area contributed by atoms with Crippen LogP contribution in [-0.4, -0.2) is 62.3 Å². The summed E-state index contributed by atoms with van der Waals surface area (Å²) in [7, 11) is 1.54. The highest BCUT2D eigenvalue weighted by Gasteiger charge is 2.35. The molecule has 2 saturated heterocycles. The Hall–Kier alpha value is -2.32. The van der Waals surface area contributed by atoms with Crippen molar-refractivity contribution in [3.63, 3.8) is 0 Å². The van der Waals surface area contributed by atoms with E-state index in [1.165, 1.54) is 20.0 Å². The summed E-state index contributed by atoms with van der Waals surface area (Å²) in [5.74, 6) is 0.424. The molecule has 8 nitrogen and oxygen atoms in total. The molecule has 2 atom stereocenters. The predicted octanol–water partition coefficient (Wildman–Crippen LogP) is 2.03. The Kier molecular flexibility index (Phi) is 6.52. The maximum atomic E-state index is 12.5. The number of methoxy groups -OCH3 is 1. The highest BCUT2D eigenvalue weighted by molar-refractivity contribution is 5.95. The number of likely N-dealkylation sites (tertiary alicyclic amines) is 1. The average Bonchev–Trinajstić information content (AvgIpc) is 3.33. The van der Waals surface area contributed by atoms with Crippen LogP contribution in [0.4, 0.5) is 16.2 Å². The van der Waals surface area contributed by atoms with Gasteiger partial charge < -0.3 is 25.4 Å². The van der Waals surface area contributed by atoms with Gasteiger partial charge in [-0.2, -0.15) is 0 Å². The van der Waals surface area contributed by atoms with Gasteiger partial charge in [0.25, 0.3) is 0 Å². The second-order valence-electron chi connectivity index (χ2n) is 6.87. The minimum atomic E-state index is -0.285. The number of anilines is 2. The van der Waals surface area contributed by atoms with E-state index >= 15 is 0 Å². The summed E-state index contributed by atoms with van der Waals surface area (Å²) >= 11 is 0. The van der Waals surface area contributed by atoms with E-state index in [-0.39, 0.29) is 24.0 Å². The van der Waals surface area contributed by atoms with Crippen molar-refractivity contribution in [2.45, 2.75) is 38.3 Å². The van der Waals surface area contributed by atoms with Crippen molar-refractivity contribution in [2.24, 2.45) is 0 Å². The van der Waals surface area contributed by atoms with Gasteiger partial charge in [-0.1, -0.05) is 6.92 Å². The van der Waals surface area contributed by atoms with Gasteiger partial charge in [-0.25, -0.2) is 4.79 Å². The molecule has 8 heteroatoms. The molecule has 148 valence electrons. The smallest absolute Gasteiger partial charge is 0.319 e. The molecule has 3 amide bonds. The van der Waals surface area contributed by atoms with Gasteiger partial charge in [0.15, 0.2) is 0 Å². The lowest BCUT2D eigenvalue weighted by Gasteiger charge is -2.27. The summed E-state index contributed by atoms with van der Waals surface area (Å²) in [6.45, 7) is 5.08. The monoisotopic (exact) mass is 376 g/mol. The summed E-state index contributed by atoms with van der Waals surface area (Å²) in [5.41, 5.74) is 1.11. The fraction of sp³-hybridized carbons (Fsp3) is 0.579. The summed E-state index contributed by atoms with van der Waals surface area (Å²) in [6.07, 6.45) is 2.77. The van der Waals surface area contributed by atoms with Crippen LogP contribution in [0.1, 0.15) is 26.2 Å². The molecule has 0 bridgehead atoms. The maximum absolute atomic E-state index is 12.5. The first kappa shape index (κ1) is 19.4. The van der Waals surface area contributed by atoms with Crippen LogP contribution in [0.2, 0.25) is 0 Å². The molecule has 27 heavy (non-hydrogen) atoms. The SMILES string of the molecule is CCC(=O)Nc1cc(NC(=O)N[C@@H]2COC[C@H]2N2CCCC2)ccc1OC. The van der Waals surface area contributed by atoms with Gasteiger partial charge in [-0.15, -0.1) is 0 Å². The van der Waals surface area contributed by atoms with Crippen LogP contribution in [0.15, 0.2) is 18.2 Å². The van der Waals surface area contributed by atoms with Gasteiger partial charge in [0.1, 0.15) is 5.75 Å². The number of nitrogens with one attached hydrogen (secondary N) is 3. The van der Waals surface area contributed by atoms with E-state index in [4.69, 9.17) is 9.47 Å². The molecule has 0 aliphatic carbocycles. The molecule has 0 aromatic heterocycles. The summed E-state index contributed by atoms with van der Waals surface area (Å²) in [5, 5.41) is 8.63. The molecular formula is C19H28N4O4. The number of carbonyl (C=O) groups excluding carboxylic acids is 2. The molecular weight excluding hydrogens is 348 g/mol. The molecule has 3 N–H and O–H groups in total.